The lowest BCUT2D eigenvalue weighted by atomic mass is 10.1. The van der Waals surface area contributed by atoms with Crippen molar-refractivity contribution in [1.29, 1.82) is 0 Å². The van der Waals surface area contributed by atoms with Crippen LogP contribution in [0, 0.1) is 5.92 Å². The number of ketones is 1. The number of halogens is 2. The third-order valence-electron chi connectivity index (χ3n) is 5.17. The van der Waals surface area contributed by atoms with E-state index >= 15 is 0 Å². The Morgan fingerprint density at radius 2 is 1.96 bits per heavy atom. The number of carbonyl (C=O) groups excluding carboxylic acids is 1. The maximum atomic E-state index is 12.8. The van der Waals surface area contributed by atoms with E-state index in [0.717, 1.165) is 60.6 Å². The molecular formula is C20H17Cl2N3O. The molecule has 1 saturated carbocycles. The van der Waals surface area contributed by atoms with E-state index < -0.39 is 0 Å². The minimum absolute atomic E-state index is 0.192. The van der Waals surface area contributed by atoms with Crippen molar-refractivity contribution in [3.05, 3.63) is 52.0 Å². The van der Waals surface area contributed by atoms with Crippen LogP contribution in [0.5, 0.6) is 0 Å². The number of aryl methyl sites for hydroxylation is 1. The van der Waals surface area contributed by atoms with Gasteiger partial charge in [-0.05, 0) is 49.6 Å². The fourth-order valence-electron chi connectivity index (χ4n) is 3.77. The molecule has 1 fully saturated rings. The minimum atomic E-state index is 0.192. The Bertz CT molecular complexity index is 1040. The van der Waals surface area contributed by atoms with Crippen LogP contribution in [0.2, 0.25) is 10.0 Å². The van der Waals surface area contributed by atoms with E-state index in [1.165, 1.54) is 0 Å². The number of carbonyl (C=O) groups is 1. The molecule has 0 radical (unpaired) electrons. The highest BCUT2D eigenvalue weighted by atomic mass is 35.5. The van der Waals surface area contributed by atoms with Gasteiger partial charge in [-0.15, -0.1) is 0 Å². The standard InChI is InChI=1S/C20H17Cl2N3O/c21-13-7-8-17(15(22)11-13)24-9-2-10-25-18-14(19(26)12-5-6-12)3-1-4-16(18)23-20(24)25/h1,3-4,7-8,11-12H,2,5-6,9-10H2. The monoisotopic (exact) mass is 385 g/mol. The number of para-hydroxylation sites is 1. The smallest absolute Gasteiger partial charge is 0.211 e. The summed E-state index contributed by atoms with van der Waals surface area (Å²) in [6, 6.07) is 11.4. The highest BCUT2D eigenvalue weighted by molar-refractivity contribution is 6.36. The van der Waals surface area contributed by atoms with Crippen LogP contribution >= 0.6 is 23.2 Å². The first kappa shape index (κ1) is 16.2. The lowest BCUT2D eigenvalue weighted by Crippen LogP contribution is -2.28. The van der Waals surface area contributed by atoms with Gasteiger partial charge in [0.2, 0.25) is 5.95 Å². The van der Waals surface area contributed by atoms with Crippen molar-refractivity contribution in [3.8, 4) is 0 Å². The average Bonchev–Trinajstić information content (AvgIpc) is 3.41. The first-order valence-corrected chi connectivity index (χ1v) is 9.65. The predicted molar refractivity (Wildman–Crippen MR) is 105 cm³/mol. The van der Waals surface area contributed by atoms with Gasteiger partial charge >= 0.3 is 0 Å². The number of anilines is 2. The quantitative estimate of drug-likeness (QED) is 0.560. The highest BCUT2D eigenvalue weighted by Gasteiger charge is 2.33. The summed E-state index contributed by atoms with van der Waals surface area (Å²) >= 11 is 12.5. The minimum Gasteiger partial charge on any atom is -0.310 e. The summed E-state index contributed by atoms with van der Waals surface area (Å²) < 4.78 is 2.17. The molecule has 1 aromatic heterocycles. The second kappa shape index (κ2) is 6.00. The van der Waals surface area contributed by atoms with E-state index in [1.54, 1.807) is 6.07 Å². The number of nitrogens with zero attached hydrogens (tertiary/aromatic N) is 3. The number of fused-ring (bicyclic) bond motifs is 3. The first-order valence-electron chi connectivity index (χ1n) is 8.89. The average molecular weight is 386 g/mol. The van der Waals surface area contributed by atoms with Crippen LogP contribution in [0.15, 0.2) is 36.4 Å². The third kappa shape index (κ3) is 2.51. The van der Waals surface area contributed by atoms with Gasteiger partial charge in [-0.3, -0.25) is 4.79 Å². The van der Waals surface area contributed by atoms with Gasteiger partial charge in [0.05, 0.1) is 21.7 Å². The number of imidazole rings is 1. The Morgan fingerprint density at radius 3 is 2.73 bits per heavy atom. The van der Waals surface area contributed by atoms with Gasteiger partial charge in [0, 0.05) is 29.6 Å². The van der Waals surface area contributed by atoms with Gasteiger partial charge in [0.1, 0.15) is 0 Å². The predicted octanol–water partition coefficient (Wildman–Crippen LogP) is 5.48. The molecule has 26 heavy (non-hydrogen) atoms. The molecule has 0 spiro atoms. The van der Waals surface area contributed by atoms with Gasteiger partial charge in [0.25, 0.3) is 0 Å². The van der Waals surface area contributed by atoms with E-state index in [4.69, 9.17) is 28.2 Å². The van der Waals surface area contributed by atoms with Gasteiger partial charge in [-0.25, -0.2) is 4.98 Å². The molecule has 3 aromatic rings. The van der Waals surface area contributed by atoms with E-state index in [1.807, 2.05) is 30.3 Å². The number of Topliss-reactive ketones (excluding diaryl/α,β-unsaturated/α-hetero) is 1. The van der Waals surface area contributed by atoms with Crippen LogP contribution in [0.3, 0.4) is 0 Å². The highest BCUT2D eigenvalue weighted by Crippen LogP contribution is 2.39. The number of rotatable bonds is 3. The molecule has 4 nitrogen and oxygen atoms in total. The number of hydrogen-bond donors (Lipinski definition) is 0. The molecule has 0 N–H and O–H groups in total. The number of hydrogen-bond acceptors (Lipinski definition) is 3. The van der Waals surface area contributed by atoms with Gasteiger partial charge in [0.15, 0.2) is 5.78 Å². The molecule has 0 amide bonds. The topological polar surface area (TPSA) is 38.1 Å². The summed E-state index contributed by atoms with van der Waals surface area (Å²) in [4.78, 5) is 19.7. The van der Waals surface area contributed by atoms with Crippen molar-refractivity contribution < 1.29 is 4.79 Å². The van der Waals surface area contributed by atoms with Crippen molar-refractivity contribution in [3.63, 3.8) is 0 Å². The van der Waals surface area contributed by atoms with Crippen LogP contribution < -0.4 is 4.90 Å². The normalized spacial score (nSPS) is 16.8. The molecule has 0 saturated heterocycles. The molecule has 2 aliphatic rings. The maximum absolute atomic E-state index is 12.8. The second-order valence-electron chi connectivity index (χ2n) is 6.98. The molecule has 6 heteroatoms. The Hall–Kier alpha value is -2.04. The fourth-order valence-corrected chi connectivity index (χ4v) is 4.28. The molecule has 0 atom stereocenters. The second-order valence-corrected chi connectivity index (χ2v) is 7.82. The molecule has 132 valence electrons. The zero-order valence-electron chi connectivity index (χ0n) is 14.1. The summed E-state index contributed by atoms with van der Waals surface area (Å²) in [6.45, 7) is 1.68. The van der Waals surface area contributed by atoms with Gasteiger partial charge < -0.3 is 9.47 Å². The summed E-state index contributed by atoms with van der Waals surface area (Å²) in [6.07, 6.45) is 2.97. The molecule has 5 rings (SSSR count). The van der Waals surface area contributed by atoms with Crippen LogP contribution in [0.4, 0.5) is 11.6 Å². The molecule has 0 bridgehead atoms. The third-order valence-corrected chi connectivity index (χ3v) is 5.70. The Labute approximate surface area is 161 Å². The van der Waals surface area contributed by atoms with Crippen LogP contribution in [0.25, 0.3) is 11.0 Å². The molecule has 1 aliphatic carbocycles. The van der Waals surface area contributed by atoms with E-state index in [2.05, 4.69) is 9.47 Å². The van der Waals surface area contributed by atoms with E-state index in [9.17, 15) is 4.79 Å². The lowest BCUT2D eigenvalue weighted by molar-refractivity contribution is 0.0969. The van der Waals surface area contributed by atoms with E-state index in [0.29, 0.717) is 10.0 Å². The van der Waals surface area contributed by atoms with Crippen LogP contribution in [0.1, 0.15) is 29.6 Å². The summed E-state index contributed by atoms with van der Waals surface area (Å²) in [7, 11) is 0. The van der Waals surface area contributed by atoms with Crippen molar-refractivity contribution in [2.75, 3.05) is 11.4 Å². The SMILES string of the molecule is O=C(c1cccc2nc3n(c12)CCCN3c1ccc(Cl)cc1Cl)C1CC1. The fraction of sp³-hybridized carbons (Fsp3) is 0.300. The van der Waals surface area contributed by atoms with Crippen LogP contribution in [-0.2, 0) is 6.54 Å². The first-order chi connectivity index (χ1) is 12.6. The molecule has 0 unspecified atom stereocenters. The Balaban J connectivity index is 1.68. The molecule has 2 heterocycles. The summed E-state index contributed by atoms with van der Waals surface area (Å²) in [5.74, 6) is 1.28. The van der Waals surface area contributed by atoms with Crippen molar-refractivity contribution in [2.24, 2.45) is 5.92 Å². The lowest BCUT2D eigenvalue weighted by Gasteiger charge is -2.30. The van der Waals surface area contributed by atoms with Crippen molar-refractivity contribution in [1.82, 2.24) is 9.55 Å². The number of aromatic nitrogens is 2. The Kier molecular flexibility index (Phi) is 3.73. The number of benzene rings is 2. The zero-order valence-corrected chi connectivity index (χ0v) is 15.6. The summed E-state index contributed by atoms with van der Waals surface area (Å²) in [5.41, 5.74) is 3.51. The largest absolute Gasteiger partial charge is 0.310 e. The van der Waals surface area contributed by atoms with E-state index in [-0.39, 0.29) is 11.7 Å². The molecule has 1 aliphatic heterocycles. The zero-order chi connectivity index (χ0) is 17.8. The van der Waals surface area contributed by atoms with Crippen molar-refractivity contribution >= 4 is 51.7 Å². The van der Waals surface area contributed by atoms with Gasteiger partial charge in [-0.2, -0.15) is 0 Å². The maximum Gasteiger partial charge on any atom is 0.211 e. The molecular weight excluding hydrogens is 369 g/mol. The van der Waals surface area contributed by atoms with Crippen molar-refractivity contribution in [2.45, 2.75) is 25.8 Å². The Morgan fingerprint density at radius 1 is 1.12 bits per heavy atom. The van der Waals surface area contributed by atoms with Gasteiger partial charge in [-0.1, -0.05) is 29.3 Å². The summed E-state index contributed by atoms with van der Waals surface area (Å²) in [5, 5.41) is 1.22. The van der Waals surface area contributed by atoms with Crippen LogP contribution in [-0.4, -0.2) is 21.9 Å². The molecule has 2 aromatic carbocycles.